The summed E-state index contributed by atoms with van der Waals surface area (Å²) >= 11 is 0. The summed E-state index contributed by atoms with van der Waals surface area (Å²) in [6.45, 7) is 6.96. The molecule has 7 heteroatoms. The van der Waals surface area contributed by atoms with Gasteiger partial charge in [-0.1, -0.05) is 6.42 Å². The lowest BCUT2D eigenvalue weighted by Gasteiger charge is -2.47. The van der Waals surface area contributed by atoms with E-state index in [1.807, 2.05) is 6.92 Å². The Morgan fingerprint density at radius 1 is 1.19 bits per heavy atom. The number of rotatable bonds is 4. The second kappa shape index (κ2) is 8.17. The number of guanidine groups is 1. The SMILES string of the molecule is CCNC(=NCC1CCc2nnc(C)n2C1)NC1CC2CCCC(C1)N2C. The summed E-state index contributed by atoms with van der Waals surface area (Å²) in [5, 5.41) is 15.7. The molecule has 1 aromatic rings. The van der Waals surface area contributed by atoms with Crippen molar-refractivity contribution in [1.29, 1.82) is 0 Å². The minimum atomic E-state index is 0.548. The second-order valence-corrected chi connectivity index (χ2v) is 8.62. The Bertz CT molecular complexity index is 653. The van der Waals surface area contributed by atoms with E-state index in [2.05, 4.69) is 44.3 Å². The van der Waals surface area contributed by atoms with Crippen molar-refractivity contribution in [3.05, 3.63) is 11.6 Å². The molecule has 1 aromatic heterocycles. The van der Waals surface area contributed by atoms with Gasteiger partial charge in [0.25, 0.3) is 0 Å². The largest absolute Gasteiger partial charge is 0.357 e. The lowest BCUT2D eigenvalue weighted by Crippen LogP contribution is -2.56. The second-order valence-electron chi connectivity index (χ2n) is 8.62. The molecule has 0 aliphatic carbocycles. The summed E-state index contributed by atoms with van der Waals surface area (Å²) < 4.78 is 2.27. The van der Waals surface area contributed by atoms with Gasteiger partial charge < -0.3 is 20.1 Å². The van der Waals surface area contributed by atoms with E-state index in [4.69, 9.17) is 4.99 Å². The Kier molecular flexibility index (Phi) is 5.66. The number of hydrogen-bond acceptors (Lipinski definition) is 4. The van der Waals surface area contributed by atoms with Crippen LogP contribution in [0.2, 0.25) is 0 Å². The number of aromatic nitrogens is 3. The van der Waals surface area contributed by atoms with Gasteiger partial charge in [0.05, 0.1) is 0 Å². The topological polar surface area (TPSA) is 70.4 Å². The van der Waals surface area contributed by atoms with Crippen LogP contribution in [0, 0.1) is 12.8 Å². The van der Waals surface area contributed by atoms with Crippen molar-refractivity contribution in [3.63, 3.8) is 0 Å². The summed E-state index contributed by atoms with van der Waals surface area (Å²) in [5.74, 6) is 3.73. The fourth-order valence-electron chi connectivity index (χ4n) is 5.15. The third-order valence-electron chi connectivity index (χ3n) is 6.76. The molecule has 2 N–H and O–H groups in total. The highest BCUT2D eigenvalue weighted by atomic mass is 15.3. The summed E-state index contributed by atoms with van der Waals surface area (Å²) in [7, 11) is 2.31. The molecular formula is C20H35N7. The summed E-state index contributed by atoms with van der Waals surface area (Å²) in [5.41, 5.74) is 0. The molecule has 0 spiro atoms. The van der Waals surface area contributed by atoms with Crippen LogP contribution in [0.1, 0.15) is 57.1 Å². The maximum atomic E-state index is 4.96. The highest BCUT2D eigenvalue weighted by molar-refractivity contribution is 5.80. The van der Waals surface area contributed by atoms with Gasteiger partial charge in [0, 0.05) is 44.2 Å². The first-order valence-corrected chi connectivity index (χ1v) is 10.8. The van der Waals surface area contributed by atoms with Crippen molar-refractivity contribution in [2.45, 2.75) is 83.5 Å². The lowest BCUT2D eigenvalue weighted by molar-refractivity contribution is 0.0526. The zero-order valence-electron chi connectivity index (χ0n) is 17.1. The average Bonchev–Trinajstić information content (AvgIpc) is 3.01. The Morgan fingerprint density at radius 3 is 2.70 bits per heavy atom. The molecule has 3 aliphatic rings. The van der Waals surface area contributed by atoms with Crippen LogP contribution in [0.25, 0.3) is 0 Å². The molecule has 4 rings (SSSR count). The van der Waals surface area contributed by atoms with Crippen LogP contribution < -0.4 is 10.6 Å². The Balaban J connectivity index is 1.36. The fraction of sp³-hybridized carbons (Fsp3) is 0.850. The van der Waals surface area contributed by atoms with E-state index in [1.54, 1.807) is 0 Å². The zero-order chi connectivity index (χ0) is 18.8. The molecule has 3 atom stereocenters. The molecule has 2 saturated heterocycles. The lowest BCUT2D eigenvalue weighted by atomic mass is 9.82. The molecule has 0 amide bonds. The molecule has 2 fully saturated rings. The summed E-state index contributed by atoms with van der Waals surface area (Å²) in [4.78, 5) is 7.58. The van der Waals surface area contributed by atoms with Gasteiger partial charge in [-0.2, -0.15) is 0 Å². The highest BCUT2D eigenvalue weighted by Gasteiger charge is 2.36. The maximum absolute atomic E-state index is 4.96. The van der Waals surface area contributed by atoms with E-state index in [0.717, 1.165) is 62.2 Å². The minimum absolute atomic E-state index is 0.548. The number of aliphatic imine (C=N–C) groups is 1. The predicted molar refractivity (Wildman–Crippen MR) is 108 cm³/mol. The number of piperidine rings is 2. The van der Waals surface area contributed by atoms with Gasteiger partial charge in [-0.05, 0) is 58.9 Å². The van der Waals surface area contributed by atoms with Gasteiger partial charge >= 0.3 is 0 Å². The van der Waals surface area contributed by atoms with E-state index >= 15 is 0 Å². The molecule has 0 radical (unpaired) electrons. The fourth-order valence-corrected chi connectivity index (χ4v) is 5.15. The Morgan fingerprint density at radius 2 is 1.96 bits per heavy atom. The van der Waals surface area contributed by atoms with Gasteiger partial charge in [-0.15, -0.1) is 10.2 Å². The molecule has 7 nitrogen and oxygen atoms in total. The van der Waals surface area contributed by atoms with E-state index in [-0.39, 0.29) is 0 Å². The molecule has 27 heavy (non-hydrogen) atoms. The molecule has 2 bridgehead atoms. The van der Waals surface area contributed by atoms with E-state index in [1.165, 1.54) is 32.1 Å². The molecular weight excluding hydrogens is 338 g/mol. The third kappa shape index (κ3) is 4.13. The van der Waals surface area contributed by atoms with Crippen LogP contribution in [-0.4, -0.2) is 63.9 Å². The number of fused-ring (bicyclic) bond motifs is 3. The quantitative estimate of drug-likeness (QED) is 0.621. The van der Waals surface area contributed by atoms with Crippen molar-refractivity contribution < 1.29 is 0 Å². The van der Waals surface area contributed by atoms with Crippen molar-refractivity contribution in [2.24, 2.45) is 10.9 Å². The first-order chi connectivity index (χ1) is 13.1. The minimum Gasteiger partial charge on any atom is -0.357 e. The van der Waals surface area contributed by atoms with Gasteiger partial charge in [0.1, 0.15) is 11.6 Å². The zero-order valence-corrected chi connectivity index (χ0v) is 17.1. The molecule has 4 heterocycles. The van der Waals surface area contributed by atoms with Crippen LogP contribution >= 0.6 is 0 Å². The first kappa shape index (κ1) is 18.7. The molecule has 150 valence electrons. The normalized spacial score (nSPS) is 31.4. The Hall–Kier alpha value is -1.63. The number of nitrogens with one attached hydrogen (secondary N) is 2. The molecule has 0 aromatic carbocycles. The van der Waals surface area contributed by atoms with Crippen LogP contribution in [0.15, 0.2) is 4.99 Å². The number of aryl methyl sites for hydroxylation is 2. The first-order valence-electron chi connectivity index (χ1n) is 10.8. The third-order valence-corrected chi connectivity index (χ3v) is 6.76. The smallest absolute Gasteiger partial charge is 0.191 e. The maximum Gasteiger partial charge on any atom is 0.191 e. The summed E-state index contributed by atoms with van der Waals surface area (Å²) in [6.07, 6.45) is 8.74. The Labute approximate surface area is 163 Å². The summed E-state index contributed by atoms with van der Waals surface area (Å²) in [6, 6.07) is 2.03. The monoisotopic (exact) mass is 373 g/mol. The van der Waals surface area contributed by atoms with E-state index in [9.17, 15) is 0 Å². The average molecular weight is 374 g/mol. The van der Waals surface area contributed by atoms with Crippen LogP contribution in [0.5, 0.6) is 0 Å². The van der Waals surface area contributed by atoms with Crippen LogP contribution in [0.3, 0.4) is 0 Å². The van der Waals surface area contributed by atoms with Crippen LogP contribution in [-0.2, 0) is 13.0 Å². The molecule has 3 aliphatic heterocycles. The van der Waals surface area contributed by atoms with Gasteiger partial charge in [0.2, 0.25) is 0 Å². The van der Waals surface area contributed by atoms with Crippen molar-refractivity contribution in [2.75, 3.05) is 20.1 Å². The van der Waals surface area contributed by atoms with Crippen LogP contribution in [0.4, 0.5) is 0 Å². The predicted octanol–water partition coefficient (Wildman–Crippen LogP) is 1.72. The van der Waals surface area contributed by atoms with Gasteiger partial charge in [0.15, 0.2) is 5.96 Å². The highest BCUT2D eigenvalue weighted by Crippen LogP contribution is 2.32. The van der Waals surface area contributed by atoms with E-state index < -0.39 is 0 Å². The molecule has 0 saturated carbocycles. The van der Waals surface area contributed by atoms with Gasteiger partial charge in [-0.25, -0.2) is 0 Å². The van der Waals surface area contributed by atoms with Crippen molar-refractivity contribution >= 4 is 5.96 Å². The van der Waals surface area contributed by atoms with Crippen molar-refractivity contribution in [1.82, 2.24) is 30.3 Å². The van der Waals surface area contributed by atoms with E-state index in [0.29, 0.717) is 12.0 Å². The molecule has 3 unspecified atom stereocenters. The standard InChI is InChI=1S/C20H35N7/c1-4-21-20(23-16-10-17-6-5-7-18(11-16)26(17)3)22-12-15-8-9-19-25-24-14(2)27(19)13-15/h15-18H,4-13H2,1-3H3,(H2,21,22,23). The number of nitrogens with zero attached hydrogens (tertiary/aromatic N) is 5. The van der Waals surface area contributed by atoms with Gasteiger partial charge in [-0.3, -0.25) is 4.99 Å². The van der Waals surface area contributed by atoms with Crippen molar-refractivity contribution in [3.8, 4) is 0 Å². The number of hydrogen-bond donors (Lipinski definition) is 2.